The Labute approximate surface area is 172 Å². The standard InChI is InChI=1S/C22H18N4O4/c1-28-16-10-15(11-17(12-16)29-2)21(27)24-19-8-4-3-7-18(19)22-25-20(26-30-22)14-6-5-9-23-13-14/h3-13H,1-2H3,(H,24,27). The molecule has 0 spiro atoms. The number of hydrogen-bond acceptors (Lipinski definition) is 7. The first kappa shape index (κ1) is 19.1. The number of carbonyl (C=O) groups excluding carboxylic acids is 1. The van der Waals surface area contributed by atoms with Crippen LogP contribution in [0.25, 0.3) is 22.8 Å². The molecule has 0 bridgehead atoms. The molecule has 0 saturated heterocycles. The second-order valence-corrected chi connectivity index (χ2v) is 6.27. The van der Waals surface area contributed by atoms with Crippen LogP contribution in [0.2, 0.25) is 0 Å². The summed E-state index contributed by atoms with van der Waals surface area (Å²) in [5.74, 6) is 1.41. The van der Waals surface area contributed by atoms with Gasteiger partial charge in [-0.05, 0) is 36.4 Å². The summed E-state index contributed by atoms with van der Waals surface area (Å²) in [4.78, 5) is 21.4. The number of nitrogens with zero attached hydrogens (tertiary/aromatic N) is 3. The van der Waals surface area contributed by atoms with E-state index in [9.17, 15) is 4.79 Å². The average molecular weight is 402 g/mol. The molecule has 1 N–H and O–H groups in total. The zero-order chi connectivity index (χ0) is 20.9. The van der Waals surface area contributed by atoms with Crippen LogP contribution in [-0.4, -0.2) is 35.3 Å². The van der Waals surface area contributed by atoms with E-state index in [1.54, 1.807) is 48.8 Å². The van der Waals surface area contributed by atoms with Crippen molar-refractivity contribution < 1.29 is 18.8 Å². The van der Waals surface area contributed by atoms with Crippen LogP contribution in [0.3, 0.4) is 0 Å². The fraction of sp³-hybridized carbons (Fsp3) is 0.0909. The minimum Gasteiger partial charge on any atom is -0.497 e. The van der Waals surface area contributed by atoms with Gasteiger partial charge < -0.3 is 19.3 Å². The molecule has 8 heteroatoms. The normalized spacial score (nSPS) is 10.5. The minimum atomic E-state index is -0.327. The summed E-state index contributed by atoms with van der Waals surface area (Å²) in [5, 5.41) is 6.90. The molecule has 0 fully saturated rings. The molecular weight excluding hydrogens is 384 g/mol. The van der Waals surface area contributed by atoms with Gasteiger partial charge in [-0.1, -0.05) is 17.3 Å². The molecule has 8 nitrogen and oxygen atoms in total. The highest BCUT2D eigenvalue weighted by molar-refractivity contribution is 6.06. The van der Waals surface area contributed by atoms with Gasteiger partial charge in [0.15, 0.2) is 0 Å². The van der Waals surface area contributed by atoms with E-state index in [2.05, 4.69) is 20.4 Å². The Kier molecular flexibility index (Phi) is 5.38. The molecule has 0 unspecified atom stereocenters. The van der Waals surface area contributed by atoms with Crippen molar-refractivity contribution in [3.8, 4) is 34.3 Å². The molecule has 0 saturated carbocycles. The topological polar surface area (TPSA) is 99.4 Å². The summed E-state index contributed by atoms with van der Waals surface area (Å²) >= 11 is 0. The van der Waals surface area contributed by atoms with Crippen LogP contribution in [0.15, 0.2) is 71.5 Å². The SMILES string of the molecule is COc1cc(OC)cc(C(=O)Nc2ccccc2-c2nc(-c3cccnc3)no2)c1. The summed E-state index contributed by atoms with van der Waals surface area (Å²) in [6.07, 6.45) is 3.32. The summed E-state index contributed by atoms with van der Waals surface area (Å²) in [5.41, 5.74) is 2.26. The maximum atomic E-state index is 12.9. The molecule has 4 rings (SSSR count). The van der Waals surface area contributed by atoms with Crippen LogP contribution in [-0.2, 0) is 0 Å². The van der Waals surface area contributed by atoms with E-state index in [-0.39, 0.29) is 11.8 Å². The van der Waals surface area contributed by atoms with Crippen LogP contribution >= 0.6 is 0 Å². The van der Waals surface area contributed by atoms with Gasteiger partial charge in [0.1, 0.15) is 11.5 Å². The smallest absolute Gasteiger partial charge is 0.260 e. The lowest BCUT2D eigenvalue weighted by Gasteiger charge is -2.11. The van der Waals surface area contributed by atoms with Gasteiger partial charge >= 0.3 is 0 Å². The van der Waals surface area contributed by atoms with Gasteiger partial charge in [0.2, 0.25) is 5.82 Å². The molecule has 30 heavy (non-hydrogen) atoms. The van der Waals surface area contributed by atoms with E-state index in [0.29, 0.717) is 34.1 Å². The maximum Gasteiger partial charge on any atom is 0.260 e. The van der Waals surface area contributed by atoms with E-state index in [1.165, 1.54) is 14.2 Å². The largest absolute Gasteiger partial charge is 0.497 e. The third-order valence-electron chi connectivity index (χ3n) is 4.37. The van der Waals surface area contributed by atoms with Gasteiger partial charge in [-0.3, -0.25) is 9.78 Å². The fourth-order valence-electron chi connectivity index (χ4n) is 2.86. The Balaban J connectivity index is 1.63. The number of amides is 1. The Morgan fingerprint density at radius 3 is 2.47 bits per heavy atom. The zero-order valence-electron chi connectivity index (χ0n) is 16.3. The number of benzene rings is 2. The van der Waals surface area contributed by atoms with E-state index in [4.69, 9.17) is 14.0 Å². The molecule has 2 heterocycles. The number of para-hydroxylation sites is 1. The lowest BCUT2D eigenvalue weighted by atomic mass is 10.1. The third-order valence-corrected chi connectivity index (χ3v) is 4.37. The van der Waals surface area contributed by atoms with Crippen molar-refractivity contribution in [3.63, 3.8) is 0 Å². The number of rotatable bonds is 6. The number of hydrogen-bond donors (Lipinski definition) is 1. The van der Waals surface area contributed by atoms with Gasteiger partial charge in [0.05, 0.1) is 25.5 Å². The molecule has 0 aliphatic heterocycles. The number of ether oxygens (including phenoxy) is 2. The van der Waals surface area contributed by atoms with Gasteiger partial charge in [-0.2, -0.15) is 4.98 Å². The minimum absolute atomic E-state index is 0.285. The maximum absolute atomic E-state index is 12.9. The Hall–Kier alpha value is -4.20. The van der Waals surface area contributed by atoms with Crippen LogP contribution in [0.4, 0.5) is 5.69 Å². The van der Waals surface area contributed by atoms with Gasteiger partial charge in [0, 0.05) is 29.6 Å². The Morgan fingerprint density at radius 2 is 1.77 bits per heavy atom. The molecule has 2 aromatic carbocycles. The van der Waals surface area contributed by atoms with Crippen molar-refractivity contribution in [2.75, 3.05) is 19.5 Å². The second kappa shape index (κ2) is 8.44. The Bertz CT molecular complexity index is 1150. The van der Waals surface area contributed by atoms with Crippen molar-refractivity contribution in [2.45, 2.75) is 0 Å². The zero-order valence-corrected chi connectivity index (χ0v) is 16.3. The highest BCUT2D eigenvalue weighted by Crippen LogP contribution is 2.29. The van der Waals surface area contributed by atoms with Crippen molar-refractivity contribution in [2.24, 2.45) is 0 Å². The Morgan fingerprint density at radius 1 is 1.00 bits per heavy atom. The van der Waals surface area contributed by atoms with Crippen LogP contribution in [0.5, 0.6) is 11.5 Å². The predicted octanol–water partition coefficient (Wildman–Crippen LogP) is 4.07. The molecule has 4 aromatic rings. The molecular formula is C22H18N4O4. The molecule has 0 aliphatic carbocycles. The van der Waals surface area contributed by atoms with Crippen molar-refractivity contribution >= 4 is 11.6 Å². The molecule has 1 amide bonds. The van der Waals surface area contributed by atoms with E-state index < -0.39 is 0 Å². The first-order chi connectivity index (χ1) is 14.7. The summed E-state index contributed by atoms with van der Waals surface area (Å²) in [6, 6.07) is 15.8. The number of methoxy groups -OCH3 is 2. The van der Waals surface area contributed by atoms with E-state index >= 15 is 0 Å². The van der Waals surface area contributed by atoms with E-state index in [1.807, 2.05) is 18.2 Å². The number of pyridine rings is 1. The van der Waals surface area contributed by atoms with Gasteiger partial charge in [-0.25, -0.2) is 0 Å². The third kappa shape index (κ3) is 3.97. The lowest BCUT2D eigenvalue weighted by Crippen LogP contribution is -2.13. The molecule has 0 radical (unpaired) electrons. The number of nitrogens with one attached hydrogen (secondary N) is 1. The quantitative estimate of drug-likeness (QED) is 0.519. The lowest BCUT2D eigenvalue weighted by molar-refractivity contribution is 0.102. The first-order valence-corrected chi connectivity index (χ1v) is 9.06. The van der Waals surface area contributed by atoms with Crippen molar-refractivity contribution in [3.05, 3.63) is 72.6 Å². The predicted molar refractivity (Wildman–Crippen MR) is 110 cm³/mol. The highest BCUT2D eigenvalue weighted by atomic mass is 16.5. The second-order valence-electron chi connectivity index (χ2n) is 6.27. The van der Waals surface area contributed by atoms with Crippen LogP contribution in [0, 0.1) is 0 Å². The van der Waals surface area contributed by atoms with Crippen LogP contribution < -0.4 is 14.8 Å². The summed E-state index contributed by atoms with van der Waals surface area (Å²) in [7, 11) is 3.06. The number of carbonyl (C=O) groups is 1. The summed E-state index contributed by atoms with van der Waals surface area (Å²) < 4.78 is 15.9. The number of anilines is 1. The first-order valence-electron chi connectivity index (χ1n) is 9.06. The van der Waals surface area contributed by atoms with Crippen molar-refractivity contribution in [1.29, 1.82) is 0 Å². The molecule has 0 atom stereocenters. The molecule has 2 aromatic heterocycles. The monoisotopic (exact) mass is 402 g/mol. The van der Waals surface area contributed by atoms with Crippen molar-refractivity contribution in [1.82, 2.24) is 15.1 Å². The molecule has 150 valence electrons. The van der Waals surface area contributed by atoms with Gasteiger partial charge in [0.25, 0.3) is 11.8 Å². The van der Waals surface area contributed by atoms with Crippen LogP contribution in [0.1, 0.15) is 10.4 Å². The van der Waals surface area contributed by atoms with Gasteiger partial charge in [-0.15, -0.1) is 0 Å². The number of aromatic nitrogens is 3. The highest BCUT2D eigenvalue weighted by Gasteiger charge is 2.17. The fourth-order valence-corrected chi connectivity index (χ4v) is 2.86. The van der Waals surface area contributed by atoms with E-state index in [0.717, 1.165) is 5.56 Å². The average Bonchev–Trinajstić information content (AvgIpc) is 3.29. The summed E-state index contributed by atoms with van der Waals surface area (Å²) in [6.45, 7) is 0. The molecule has 0 aliphatic rings.